The zero-order valence-corrected chi connectivity index (χ0v) is 23.4. The minimum absolute atomic E-state index is 0.215. The average molecular weight is 585 g/mol. The summed E-state index contributed by atoms with van der Waals surface area (Å²) in [5.41, 5.74) is 4.61. The van der Waals surface area contributed by atoms with Gasteiger partial charge in [0.15, 0.2) is 0 Å². The molecule has 5 nitrogen and oxygen atoms in total. The largest absolute Gasteiger partial charge is 0.378 e. The lowest BCUT2D eigenvalue weighted by atomic mass is 10.1. The standard InChI is InChI=1S/C31H26BrN3O2S/c1-34(2)25-19-17-24(18-20-25)33-22-31-28(21-16-23-10-6-8-14-29(23)32)27-13-7-9-15-30(27)35(31)38(36,37)26-11-4-3-5-12-26/h3-22H,1-2H3/b21-16+,33-22?. The van der Waals surface area contributed by atoms with E-state index in [1.54, 1.807) is 36.5 Å². The zero-order valence-electron chi connectivity index (χ0n) is 21.0. The van der Waals surface area contributed by atoms with Gasteiger partial charge in [-0.05, 0) is 54.1 Å². The van der Waals surface area contributed by atoms with Crippen LogP contribution < -0.4 is 4.90 Å². The lowest BCUT2D eigenvalue weighted by molar-refractivity contribution is 0.589. The number of benzene rings is 4. The number of fused-ring (bicyclic) bond motifs is 1. The Bertz CT molecular complexity index is 1750. The van der Waals surface area contributed by atoms with Gasteiger partial charge >= 0.3 is 0 Å². The maximum Gasteiger partial charge on any atom is 0.268 e. The van der Waals surface area contributed by atoms with Crippen molar-refractivity contribution in [2.75, 3.05) is 19.0 Å². The van der Waals surface area contributed by atoms with E-state index in [1.807, 2.05) is 104 Å². The first-order valence-electron chi connectivity index (χ1n) is 12.0. The Morgan fingerprint density at radius 2 is 1.45 bits per heavy atom. The second-order valence-electron chi connectivity index (χ2n) is 8.92. The van der Waals surface area contributed by atoms with Crippen molar-refractivity contribution < 1.29 is 8.42 Å². The number of nitrogens with zero attached hydrogens (tertiary/aromatic N) is 3. The number of rotatable bonds is 7. The van der Waals surface area contributed by atoms with Gasteiger partial charge in [0.2, 0.25) is 0 Å². The highest BCUT2D eigenvalue weighted by molar-refractivity contribution is 9.10. The Morgan fingerprint density at radius 3 is 2.16 bits per heavy atom. The fraction of sp³-hybridized carbons (Fsp3) is 0.0645. The summed E-state index contributed by atoms with van der Waals surface area (Å²) < 4.78 is 30.4. The van der Waals surface area contributed by atoms with E-state index in [9.17, 15) is 8.42 Å². The zero-order chi connectivity index (χ0) is 26.7. The Kier molecular flexibility index (Phi) is 7.31. The van der Waals surface area contributed by atoms with Gasteiger partial charge in [-0.3, -0.25) is 4.99 Å². The van der Waals surface area contributed by atoms with Crippen LogP contribution in [0.15, 0.2) is 117 Å². The molecule has 0 atom stereocenters. The predicted molar refractivity (Wildman–Crippen MR) is 162 cm³/mol. The normalized spacial score (nSPS) is 12.1. The molecule has 0 amide bonds. The number of aliphatic imine (C=N–C) groups is 1. The van der Waals surface area contributed by atoms with Crippen LogP contribution in [0.3, 0.4) is 0 Å². The molecule has 0 saturated carbocycles. The van der Waals surface area contributed by atoms with Gasteiger partial charge in [0.25, 0.3) is 10.0 Å². The van der Waals surface area contributed by atoms with Crippen LogP contribution in [0.25, 0.3) is 23.1 Å². The second kappa shape index (κ2) is 10.8. The van der Waals surface area contributed by atoms with Crippen molar-refractivity contribution in [2.24, 2.45) is 4.99 Å². The average Bonchev–Trinajstić information content (AvgIpc) is 3.26. The maximum atomic E-state index is 14.0. The highest BCUT2D eigenvalue weighted by Crippen LogP contribution is 2.32. The summed E-state index contributed by atoms with van der Waals surface area (Å²) in [6.07, 6.45) is 5.58. The first-order valence-corrected chi connectivity index (χ1v) is 14.3. The van der Waals surface area contributed by atoms with E-state index in [0.29, 0.717) is 11.2 Å². The van der Waals surface area contributed by atoms with Crippen LogP contribution in [0.2, 0.25) is 0 Å². The highest BCUT2D eigenvalue weighted by Gasteiger charge is 2.25. The van der Waals surface area contributed by atoms with E-state index < -0.39 is 10.0 Å². The fourth-order valence-electron chi connectivity index (χ4n) is 4.27. The number of hydrogen-bond donors (Lipinski definition) is 0. The van der Waals surface area contributed by atoms with Crippen LogP contribution in [0.4, 0.5) is 11.4 Å². The third kappa shape index (κ3) is 5.08. The Labute approximate surface area is 231 Å². The van der Waals surface area contributed by atoms with Crippen molar-refractivity contribution in [2.45, 2.75) is 4.90 Å². The van der Waals surface area contributed by atoms with Gasteiger partial charge < -0.3 is 4.90 Å². The summed E-state index contributed by atoms with van der Waals surface area (Å²) in [6, 6.07) is 31.7. The molecule has 0 N–H and O–H groups in total. The van der Waals surface area contributed by atoms with Crippen LogP contribution in [-0.4, -0.2) is 32.7 Å². The molecule has 0 spiro atoms. The molecule has 0 bridgehead atoms. The lowest BCUT2D eigenvalue weighted by Crippen LogP contribution is -2.15. The van der Waals surface area contributed by atoms with Crippen molar-refractivity contribution in [1.29, 1.82) is 0 Å². The molecule has 0 saturated heterocycles. The van der Waals surface area contributed by atoms with Crippen molar-refractivity contribution in [3.8, 4) is 0 Å². The predicted octanol–water partition coefficient (Wildman–Crippen LogP) is 7.63. The lowest BCUT2D eigenvalue weighted by Gasteiger charge is -2.12. The molecule has 0 radical (unpaired) electrons. The number of halogens is 1. The minimum atomic E-state index is -3.91. The van der Waals surface area contributed by atoms with E-state index in [1.165, 1.54) is 3.97 Å². The number of aromatic nitrogens is 1. The molecule has 7 heteroatoms. The van der Waals surface area contributed by atoms with Crippen molar-refractivity contribution in [3.05, 3.63) is 124 Å². The topological polar surface area (TPSA) is 54.7 Å². The maximum absolute atomic E-state index is 14.0. The van der Waals surface area contributed by atoms with Crippen molar-refractivity contribution in [1.82, 2.24) is 3.97 Å². The summed E-state index contributed by atoms with van der Waals surface area (Å²) >= 11 is 3.60. The monoisotopic (exact) mass is 583 g/mol. The van der Waals surface area contributed by atoms with E-state index >= 15 is 0 Å². The molecule has 1 aromatic heterocycles. The summed E-state index contributed by atoms with van der Waals surface area (Å²) in [7, 11) is 0.0488. The van der Waals surface area contributed by atoms with Gasteiger partial charge in [0, 0.05) is 35.2 Å². The molecule has 1 heterocycles. The first kappa shape index (κ1) is 25.7. The summed E-state index contributed by atoms with van der Waals surface area (Å²) in [6.45, 7) is 0. The van der Waals surface area contributed by atoms with E-state index in [-0.39, 0.29) is 4.90 Å². The van der Waals surface area contributed by atoms with Crippen LogP contribution in [0, 0.1) is 0 Å². The number of hydrogen-bond acceptors (Lipinski definition) is 4. The first-order chi connectivity index (χ1) is 18.4. The number of anilines is 1. The molecule has 38 heavy (non-hydrogen) atoms. The molecule has 190 valence electrons. The molecular weight excluding hydrogens is 558 g/mol. The Balaban J connectivity index is 1.74. The van der Waals surface area contributed by atoms with Crippen molar-refractivity contribution in [3.63, 3.8) is 0 Å². The fourth-order valence-corrected chi connectivity index (χ4v) is 6.22. The molecule has 4 aromatic carbocycles. The van der Waals surface area contributed by atoms with Crippen LogP contribution in [0.1, 0.15) is 16.8 Å². The van der Waals surface area contributed by atoms with E-state index in [4.69, 9.17) is 4.99 Å². The number of para-hydroxylation sites is 1. The van der Waals surface area contributed by atoms with Gasteiger partial charge in [-0.1, -0.05) is 82.7 Å². The van der Waals surface area contributed by atoms with Gasteiger partial charge in [0.05, 0.1) is 28.0 Å². The van der Waals surface area contributed by atoms with Crippen LogP contribution in [-0.2, 0) is 10.0 Å². The molecule has 0 fully saturated rings. The van der Waals surface area contributed by atoms with Crippen LogP contribution >= 0.6 is 15.9 Å². The third-order valence-electron chi connectivity index (χ3n) is 6.23. The van der Waals surface area contributed by atoms with Gasteiger partial charge in [0.1, 0.15) is 0 Å². The van der Waals surface area contributed by atoms with Crippen molar-refractivity contribution >= 4 is 66.6 Å². The molecule has 5 aromatic rings. The molecule has 5 rings (SSSR count). The van der Waals surface area contributed by atoms with E-state index in [2.05, 4.69) is 15.9 Å². The van der Waals surface area contributed by atoms with Gasteiger partial charge in [-0.25, -0.2) is 12.4 Å². The highest BCUT2D eigenvalue weighted by atomic mass is 79.9. The quantitative estimate of drug-likeness (QED) is 0.185. The Morgan fingerprint density at radius 1 is 0.789 bits per heavy atom. The molecule has 0 unspecified atom stereocenters. The molecular formula is C31H26BrN3O2S. The molecule has 0 aliphatic heterocycles. The van der Waals surface area contributed by atoms with Gasteiger partial charge in [-0.15, -0.1) is 0 Å². The Hall–Kier alpha value is -3.94. The smallest absolute Gasteiger partial charge is 0.268 e. The second-order valence-corrected chi connectivity index (χ2v) is 11.6. The summed E-state index contributed by atoms with van der Waals surface area (Å²) in [4.78, 5) is 6.93. The summed E-state index contributed by atoms with van der Waals surface area (Å²) in [5, 5.41) is 0.819. The van der Waals surface area contributed by atoms with Crippen LogP contribution in [0.5, 0.6) is 0 Å². The molecule has 0 aliphatic carbocycles. The van der Waals surface area contributed by atoms with E-state index in [0.717, 1.165) is 32.4 Å². The third-order valence-corrected chi connectivity index (χ3v) is 8.69. The molecule has 0 aliphatic rings. The van der Waals surface area contributed by atoms with Gasteiger partial charge in [-0.2, -0.15) is 0 Å². The minimum Gasteiger partial charge on any atom is -0.378 e. The summed E-state index contributed by atoms with van der Waals surface area (Å²) in [5.74, 6) is 0. The SMILES string of the molecule is CN(C)c1ccc(N=Cc2c(/C=C/c3ccccc3Br)c3ccccc3n2S(=O)(=O)c2ccccc2)cc1.